The van der Waals surface area contributed by atoms with Crippen molar-refractivity contribution in [2.45, 2.75) is 6.54 Å². The molecule has 27 heavy (non-hydrogen) atoms. The second-order valence-corrected chi connectivity index (χ2v) is 6.29. The molecule has 2 N–H and O–H groups in total. The Bertz CT molecular complexity index is 910. The lowest BCUT2D eigenvalue weighted by Crippen LogP contribution is -2.38. The number of amides is 3. The summed E-state index contributed by atoms with van der Waals surface area (Å²) in [6, 6.07) is 11.6. The molecule has 0 fully saturated rings. The number of nitrogens with one attached hydrogen (secondary N) is 1. The maximum absolute atomic E-state index is 12.4. The van der Waals surface area contributed by atoms with E-state index in [1.807, 2.05) is 6.07 Å². The summed E-state index contributed by atoms with van der Waals surface area (Å²) in [7, 11) is 3.34. The lowest BCUT2D eigenvalue weighted by molar-refractivity contribution is -0.121. The topological polar surface area (TPSA) is 99.2 Å². The summed E-state index contributed by atoms with van der Waals surface area (Å²) in [6.07, 6.45) is 0. The summed E-state index contributed by atoms with van der Waals surface area (Å²) in [5, 5.41) is 8.83. The smallest absolute Gasteiger partial charge is 0.274 e. The van der Waals surface area contributed by atoms with E-state index in [9.17, 15) is 14.4 Å². The quantitative estimate of drug-likeness (QED) is 0.627. The van der Waals surface area contributed by atoms with E-state index in [1.54, 1.807) is 43.8 Å². The molecular formula is C19H19N3O5. The van der Waals surface area contributed by atoms with E-state index < -0.39 is 5.91 Å². The van der Waals surface area contributed by atoms with Gasteiger partial charge in [-0.25, -0.2) is 5.48 Å². The van der Waals surface area contributed by atoms with Gasteiger partial charge in [0.25, 0.3) is 17.7 Å². The van der Waals surface area contributed by atoms with Gasteiger partial charge < -0.3 is 14.5 Å². The Morgan fingerprint density at radius 3 is 2.67 bits per heavy atom. The fourth-order valence-electron chi connectivity index (χ4n) is 2.82. The van der Waals surface area contributed by atoms with E-state index in [0.717, 1.165) is 5.56 Å². The third kappa shape index (κ3) is 3.75. The number of nitrogens with zero attached hydrogens (tertiary/aromatic N) is 2. The minimum Gasteiger partial charge on any atom is -0.482 e. The first-order valence-corrected chi connectivity index (χ1v) is 8.23. The maximum atomic E-state index is 12.4. The number of anilines is 1. The molecule has 1 aliphatic heterocycles. The number of ether oxygens (including phenoxy) is 1. The minimum atomic E-state index is -0.686. The predicted octanol–water partition coefficient (Wildman–Crippen LogP) is 1.43. The summed E-state index contributed by atoms with van der Waals surface area (Å²) < 4.78 is 5.42. The first-order valence-electron chi connectivity index (χ1n) is 8.23. The lowest BCUT2D eigenvalue weighted by Gasteiger charge is -2.30. The third-order valence-electron chi connectivity index (χ3n) is 4.19. The highest BCUT2D eigenvalue weighted by atomic mass is 16.5. The highest BCUT2D eigenvalue weighted by molar-refractivity contribution is 6.01. The van der Waals surface area contributed by atoms with Crippen LogP contribution in [0, 0.1) is 0 Å². The fourth-order valence-corrected chi connectivity index (χ4v) is 2.82. The highest BCUT2D eigenvalue weighted by Gasteiger charge is 2.27. The van der Waals surface area contributed by atoms with Gasteiger partial charge in [-0.15, -0.1) is 0 Å². The van der Waals surface area contributed by atoms with Crippen molar-refractivity contribution in [3.05, 3.63) is 59.2 Å². The fraction of sp³-hybridized carbons (Fsp3) is 0.211. The van der Waals surface area contributed by atoms with Crippen molar-refractivity contribution in [1.29, 1.82) is 0 Å². The van der Waals surface area contributed by atoms with Crippen molar-refractivity contribution in [2.24, 2.45) is 0 Å². The monoisotopic (exact) mass is 369 g/mol. The molecule has 1 heterocycles. The van der Waals surface area contributed by atoms with Gasteiger partial charge >= 0.3 is 0 Å². The van der Waals surface area contributed by atoms with Gasteiger partial charge in [0.05, 0.1) is 12.2 Å². The minimum absolute atomic E-state index is 0.116. The van der Waals surface area contributed by atoms with Crippen LogP contribution in [0.1, 0.15) is 26.3 Å². The van der Waals surface area contributed by atoms with Crippen LogP contribution in [0.5, 0.6) is 5.75 Å². The SMILES string of the molecule is CN(C)C(=O)c1cccc(CN2C(=O)COc3ccc(C(=O)NO)cc32)c1. The molecule has 0 spiro atoms. The van der Waals surface area contributed by atoms with Crippen LogP contribution in [0.25, 0.3) is 0 Å². The van der Waals surface area contributed by atoms with Crippen LogP contribution in [-0.4, -0.2) is 48.5 Å². The first kappa shape index (κ1) is 18.4. The molecule has 0 saturated carbocycles. The molecule has 0 aliphatic carbocycles. The second kappa shape index (κ2) is 7.46. The summed E-state index contributed by atoms with van der Waals surface area (Å²) in [5.74, 6) is -0.625. The second-order valence-electron chi connectivity index (χ2n) is 6.29. The van der Waals surface area contributed by atoms with Crippen molar-refractivity contribution in [2.75, 3.05) is 25.6 Å². The van der Waals surface area contributed by atoms with Crippen LogP contribution in [-0.2, 0) is 11.3 Å². The molecule has 0 aromatic heterocycles. The van der Waals surface area contributed by atoms with E-state index in [0.29, 0.717) is 17.0 Å². The molecule has 0 saturated heterocycles. The van der Waals surface area contributed by atoms with Crippen LogP contribution in [0.2, 0.25) is 0 Å². The van der Waals surface area contributed by atoms with Crippen LogP contribution in [0.15, 0.2) is 42.5 Å². The van der Waals surface area contributed by atoms with E-state index >= 15 is 0 Å². The predicted molar refractivity (Wildman–Crippen MR) is 96.8 cm³/mol. The first-order chi connectivity index (χ1) is 12.9. The average molecular weight is 369 g/mol. The highest BCUT2D eigenvalue weighted by Crippen LogP contribution is 2.34. The average Bonchev–Trinajstić information content (AvgIpc) is 2.68. The Hall–Kier alpha value is -3.39. The van der Waals surface area contributed by atoms with E-state index in [4.69, 9.17) is 9.94 Å². The summed E-state index contributed by atoms with van der Waals surface area (Å²) in [5.41, 5.74) is 3.47. The molecule has 140 valence electrons. The molecular weight excluding hydrogens is 350 g/mol. The van der Waals surface area contributed by atoms with Crippen LogP contribution < -0.4 is 15.1 Å². The van der Waals surface area contributed by atoms with Gasteiger partial charge in [-0.3, -0.25) is 19.6 Å². The van der Waals surface area contributed by atoms with Crippen molar-refractivity contribution >= 4 is 23.4 Å². The summed E-state index contributed by atoms with van der Waals surface area (Å²) in [4.78, 5) is 39.2. The van der Waals surface area contributed by atoms with Crippen molar-refractivity contribution < 1.29 is 24.3 Å². The third-order valence-corrected chi connectivity index (χ3v) is 4.19. The number of carbonyl (C=O) groups is 3. The van der Waals surface area contributed by atoms with Gasteiger partial charge in [0, 0.05) is 25.2 Å². The number of hydrogen-bond donors (Lipinski definition) is 2. The standard InChI is InChI=1S/C19H19N3O5/c1-21(2)19(25)14-5-3-4-12(8-14)10-22-15-9-13(18(24)20-26)6-7-16(15)27-11-17(22)23/h3-9,26H,10-11H2,1-2H3,(H,20,24). The number of hydrogen-bond acceptors (Lipinski definition) is 5. The Labute approximate surface area is 155 Å². The molecule has 8 heteroatoms. The number of benzene rings is 2. The zero-order valence-corrected chi connectivity index (χ0v) is 14.9. The van der Waals surface area contributed by atoms with Gasteiger partial charge in [0.2, 0.25) is 0 Å². The van der Waals surface area contributed by atoms with Crippen LogP contribution >= 0.6 is 0 Å². The molecule has 0 bridgehead atoms. The van der Waals surface area contributed by atoms with E-state index in [2.05, 4.69) is 0 Å². The zero-order chi connectivity index (χ0) is 19.6. The van der Waals surface area contributed by atoms with Crippen LogP contribution in [0.4, 0.5) is 5.69 Å². The molecule has 8 nitrogen and oxygen atoms in total. The molecule has 0 atom stereocenters. The summed E-state index contributed by atoms with van der Waals surface area (Å²) in [6.45, 7) is 0.100. The number of rotatable bonds is 4. The Kier molecular flexibility index (Phi) is 5.09. The van der Waals surface area contributed by atoms with E-state index in [1.165, 1.54) is 21.9 Å². The molecule has 2 aromatic rings. The summed E-state index contributed by atoms with van der Waals surface area (Å²) >= 11 is 0. The normalized spacial score (nSPS) is 12.9. The molecule has 0 radical (unpaired) electrons. The van der Waals surface area contributed by atoms with Gasteiger partial charge in [-0.05, 0) is 35.9 Å². The number of hydroxylamine groups is 1. The Morgan fingerprint density at radius 1 is 1.19 bits per heavy atom. The largest absolute Gasteiger partial charge is 0.482 e. The van der Waals surface area contributed by atoms with Gasteiger partial charge in [-0.1, -0.05) is 12.1 Å². The molecule has 0 unspecified atom stereocenters. The van der Waals surface area contributed by atoms with E-state index in [-0.39, 0.29) is 30.5 Å². The van der Waals surface area contributed by atoms with Gasteiger partial charge in [0.15, 0.2) is 6.61 Å². The van der Waals surface area contributed by atoms with Gasteiger partial charge in [-0.2, -0.15) is 0 Å². The Balaban J connectivity index is 1.94. The molecule has 1 aliphatic rings. The van der Waals surface area contributed by atoms with Crippen LogP contribution in [0.3, 0.4) is 0 Å². The molecule has 2 aromatic carbocycles. The molecule has 3 amide bonds. The van der Waals surface area contributed by atoms with Gasteiger partial charge in [0.1, 0.15) is 5.75 Å². The van der Waals surface area contributed by atoms with Crippen molar-refractivity contribution in [3.8, 4) is 5.75 Å². The zero-order valence-electron chi connectivity index (χ0n) is 14.9. The maximum Gasteiger partial charge on any atom is 0.274 e. The Morgan fingerprint density at radius 2 is 1.96 bits per heavy atom. The molecule has 3 rings (SSSR count). The van der Waals surface area contributed by atoms with Crippen molar-refractivity contribution in [3.63, 3.8) is 0 Å². The lowest BCUT2D eigenvalue weighted by atomic mass is 10.1. The number of fused-ring (bicyclic) bond motifs is 1. The number of carbonyl (C=O) groups excluding carboxylic acids is 3. The van der Waals surface area contributed by atoms with Crippen molar-refractivity contribution in [1.82, 2.24) is 10.4 Å².